The Morgan fingerprint density at radius 2 is 1.95 bits per heavy atom. The smallest absolute Gasteiger partial charge is 0.410 e. The molecule has 0 spiro atoms. The van der Waals surface area contributed by atoms with E-state index >= 15 is 0 Å². The number of nitrogens with zero attached hydrogens (tertiary/aromatic N) is 4. The molecular formula is C27H31F5N6O5. The van der Waals surface area contributed by atoms with Crippen LogP contribution < -0.4 is 10.6 Å². The molecule has 0 unspecified atom stereocenters. The number of carbonyl (C=O) groups excluding carboxylic acids is 2. The van der Waals surface area contributed by atoms with Gasteiger partial charge in [-0.25, -0.2) is 23.2 Å². The first-order valence-electron chi connectivity index (χ1n) is 13.8. The van der Waals surface area contributed by atoms with Gasteiger partial charge in [0.05, 0.1) is 19.2 Å². The lowest BCUT2D eigenvalue weighted by Gasteiger charge is -2.32. The third kappa shape index (κ3) is 6.43. The Morgan fingerprint density at radius 3 is 2.58 bits per heavy atom. The highest BCUT2D eigenvalue weighted by Crippen LogP contribution is 2.42. The van der Waals surface area contributed by atoms with E-state index in [0.717, 1.165) is 4.90 Å². The van der Waals surface area contributed by atoms with Gasteiger partial charge >= 0.3 is 12.2 Å². The molecule has 0 radical (unpaired) electrons. The highest BCUT2D eigenvalue weighted by molar-refractivity contribution is 5.93. The number of carbonyl (C=O) groups is 2. The van der Waals surface area contributed by atoms with Crippen molar-refractivity contribution in [2.75, 3.05) is 20.3 Å². The Labute approximate surface area is 242 Å². The average molecular weight is 615 g/mol. The normalized spacial score (nSPS) is 20.9. The summed E-state index contributed by atoms with van der Waals surface area (Å²) >= 11 is 0. The molecule has 2 fully saturated rings. The van der Waals surface area contributed by atoms with Gasteiger partial charge in [0, 0.05) is 25.9 Å². The highest BCUT2D eigenvalue weighted by atomic mass is 19.4. The Bertz CT molecular complexity index is 1460. The van der Waals surface area contributed by atoms with E-state index in [0.29, 0.717) is 22.4 Å². The molecule has 2 aliphatic rings. The van der Waals surface area contributed by atoms with Crippen LogP contribution in [0, 0.1) is 5.92 Å². The minimum Gasteiger partial charge on any atom is -0.438 e. The second kappa shape index (κ2) is 11.7. The number of nitrogens with one attached hydrogen (secondary N) is 2. The number of aromatic nitrogens is 3. The number of halogens is 5. The lowest BCUT2D eigenvalue weighted by Crippen LogP contribution is -2.40. The second-order valence-corrected chi connectivity index (χ2v) is 11.2. The molecule has 16 heteroatoms. The molecule has 1 aromatic carbocycles. The number of methoxy groups -OCH3 is 1. The molecule has 3 amide bonds. The summed E-state index contributed by atoms with van der Waals surface area (Å²) in [5.74, 6) is -3.99. The van der Waals surface area contributed by atoms with E-state index in [1.54, 1.807) is 32.0 Å². The van der Waals surface area contributed by atoms with Crippen molar-refractivity contribution < 1.29 is 45.3 Å². The summed E-state index contributed by atoms with van der Waals surface area (Å²) in [4.78, 5) is 31.3. The van der Waals surface area contributed by atoms with Gasteiger partial charge in [-0.2, -0.15) is 13.2 Å². The van der Waals surface area contributed by atoms with Crippen LogP contribution in [0.4, 0.5) is 26.7 Å². The van der Waals surface area contributed by atoms with E-state index in [4.69, 9.17) is 13.8 Å². The van der Waals surface area contributed by atoms with Gasteiger partial charge in [-0.1, -0.05) is 25.1 Å². The third-order valence-corrected chi connectivity index (χ3v) is 7.91. The molecule has 2 aromatic heterocycles. The van der Waals surface area contributed by atoms with Crippen LogP contribution in [-0.4, -0.2) is 70.5 Å². The number of fused-ring (bicyclic) bond motifs is 1. The number of hydrogen-bond donors (Lipinski definition) is 2. The molecule has 43 heavy (non-hydrogen) atoms. The van der Waals surface area contributed by atoms with Crippen LogP contribution in [0.1, 0.15) is 85.2 Å². The summed E-state index contributed by atoms with van der Waals surface area (Å²) in [5, 5.41) is 12.3. The molecular weight excluding hydrogens is 583 g/mol. The quantitative estimate of drug-likeness (QED) is 0.311. The number of amides is 3. The molecule has 1 saturated heterocycles. The first kappa shape index (κ1) is 30.6. The minimum absolute atomic E-state index is 0.0389. The highest BCUT2D eigenvalue weighted by Gasteiger charge is 2.48. The van der Waals surface area contributed by atoms with Crippen molar-refractivity contribution in [3.63, 3.8) is 0 Å². The Balaban J connectivity index is 1.46. The van der Waals surface area contributed by atoms with Crippen LogP contribution >= 0.6 is 0 Å². The van der Waals surface area contributed by atoms with Gasteiger partial charge in [-0.3, -0.25) is 4.79 Å². The van der Waals surface area contributed by atoms with Crippen molar-refractivity contribution in [3.8, 4) is 0 Å². The fraction of sp³-hybridized carbons (Fsp3) is 0.593. The molecule has 234 valence electrons. The summed E-state index contributed by atoms with van der Waals surface area (Å²) in [6, 6.07) is 0.0167. The zero-order valence-electron chi connectivity index (χ0n) is 23.6. The fourth-order valence-electron chi connectivity index (χ4n) is 5.56. The fourth-order valence-corrected chi connectivity index (χ4v) is 5.56. The Kier molecular flexibility index (Phi) is 8.33. The number of oxazole rings is 1. The number of hydrogen-bond acceptors (Lipinski definition) is 8. The van der Waals surface area contributed by atoms with Crippen molar-refractivity contribution in [2.24, 2.45) is 5.92 Å². The van der Waals surface area contributed by atoms with Crippen LogP contribution in [0.3, 0.4) is 0 Å². The minimum atomic E-state index is -4.62. The number of ether oxygens (including phenoxy) is 1. The van der Waals surface area contributed by atoms with Gasteiger partial charge in [-0.05, 0) is 41.6 Å². The van der Waals surface area contributed by atoms with Gasteiger partial charge in [0.25, 0.3) is 5.91 Å². The zero-order valence-corrected chi connectivity index (χ0v) is 23.6. The van der Waals surface area contributed by atoms with Crippen LogP contribution in [0.2, 0.25) is 0 Å². The summed E-state index contributed by atoms with van der Waals surface area (Å²) in [6.07, 6.45) is -5.17. The van der Waals surface area contributed by atoms with Crippen molar-refractivity contribution in [1.29, 1.82) is 0 Å². The van der Waals surface area contributed by atoms with Crippen molar-refractivity contribution >= 4 is 23.0 Å². The van der Waals surface area contributed by atoms with Gasteiger partial charge in [-0.15, -0.1) is 0 Å². The zero-order chi connectivity index (χ0) is 31.1. The van der Waals surface area contributed by atoms with Gasteiger partial charge in [0.1, 0.15) is 23.3 Å². The van der Waals surface area contributed by atoms with Crippen LogP contribution in [0.15, 0.2) is 27.2 Å². The molecule has 1 aliphatic carbocycles. The topological polar surface area (TPSA) is 136 Å². The van der Waals surface area contributed by atoms with Crippen LogP contribution in [0.5, 0.6) is 0 Å². The van der Waals surface area contributed by atoms with Crippen LogP contribution in [0.25, 0.3) is 11.1 Å². The molecule has 3 aromatic rings. The summed E-state index contributed by atoms with van der Waals surface area (Å²) in [7, 11) is 1.37. The van der Waals surface area contributed by atoms with E-state index < -0.39 is 54.6 Å². The standard InChI is InChI=1S/C27H31F5N6O5/c1-13(2)20-22(37-43-36-20)23(39)35-21(14-6-8-26(28,29)9-7-14)24-33-16-10-15(4-5-18(16)42-24)17(12-41-3)38-11-19(27(30,31)32)34-25(38)40/h4-5,10,13-14,17,19,21H,6-9,11-12H2,1-3H3,(H,34,40)(H,35,39)/t17-,19+,21+/m1/s1. The van der Waals surface area contributed by atoms with Gasteiger partial charge in [0.2, 0.25) is 11.8 Å². The molecule has 1 saturated carbocycles. The predicted molar refractivity (Wildman–Crippen MR) is 139 cm³/mol. The molecule has 5 rings (SSSR count). The molecule has 2 N–H and O–H groups in total. The molecule has 3 heterocycles. The third-order valence-electron chi connectivity index (χ3n) is 7.91. The maximum atomic E-state index is 14.0. The number of alkyl halides is 5. The Morgan fingerprint density at radius 1 is 1.23 bits per heavy atom. The molecule has 3 atom stereocenters. The van der Waals surface area contributed by atoms with Gasteiger partial charge < -0.3 is 24.7 Å². The van der Waals surface area contributed by atoms with E-state index in [-0.39, 0.29) is 49.8 Å². The van der Waals surface area contributed by atoms with Crippen LogP contribution in [-0.2, 0) is 4.74 Å². The maximum Gasteiger partial charge on any atom is 0.410 e. The first-order valence-corrected chi connectivity index (χ1v) is 13.8. The lowest BCUT2D eigenvalue weighted by molar-refractivity contribution is -0.150. The van der Waals surface area contributed by atoms with E-state index in [2.05, 4.69) is 20.6 Å². The first-order chi connectivity index (χ1) is 20.3. The van der Waals surface area contributed by atoms with E-state index in [9.17, 15) is 31.5 Å². The summed E-state index contributed by atoms with van der Waals surface area (Å²) in [5.41, 5.74) is 1.33. The van der Waals surface area contributed by atoms with E-state index in [1.807, 2.05) is 5.32 Å². The largest absolute Gasteiger partial charge is 0.438 e. The van der Waals surface area contributed by atoms with Crippen molar-refractivity contribution in [2.45, 2.75) is 75.7 Å². The Hall–Kier alpha value is -3.82. The SMILES string of the molecule is COC[C@H](c1ccc2oc([C@@H](NC(=O)c3nonc3C(C)C)C3CCC(F)(F)CC3)nc2c1)N1C[C@@H](C(F)(F)F)NC1=O. The molecule has 1 aliphatic heterocycles. The monoisotopic (exact) mass is 614 g/mol. The summed E-state index contributed by atoms with van der Waals surface area (Å²) in [6.45, 7) is 2.92. The number of urea groups is 1. The molecule has 0 bridgehead atoms. The average Bonchev–Trinajstić information content (AvgIpc) is 3.68. The predicted octanol–water partition coefficient (Wildman–Crippen LogP) is 5.27. The van der Waals surface area contributed by atoms with Gasteiger partial charge in [0.15, 0.2) is 11.3 Å². The number of benzene rings is 1. The summed E-state index contributed by atoms with van der Waals surface area (Å²) < 4.78 is 83.9. The molecule has 11 nitrogen and oxygen atoms in total. The lowest BCUT2D eigenvalue weighted by atomic mass is 9.82. The second-order valence-electron chi connectivity index (χ2n) is 11.2. The maximum absolute atomic E-state index is 14.0. The van der Waals surface area contributed by atoms with E-state index in [1.165, 1.54) is 7.11 Å². The van der Waals surface area contributed by atoms with Crippen molar-refractivity contribution in [3.05, 3.63) is 41.0 Å². The van der Waals surface area contributed by atoms with Crippen molar-refractivity contribution in [1.82, 2.24) is 30.8 Å². The number of rotatable bonds is 9.